The molecular weight excluding hydrogens is 389 g/mol. The maximum absolute atomic E-state index is 11.2. The number of rotatable bonds is 4. The Labute approximate surface area is 165 Å². The second-order valence-electron chi connectivity index (χ2n) is 6.15. The summed E-state index contributed by atoms with van der Waals surface area (Å²) in [5.41, 5.74) is 0.992. The molecule has 2 fully saturated rings. The van der Waals surface area contributed by atoms with Crippen molar-refractivity contribution < 1.29 is 9.66 Å². The van der Waals surface area contributed by atoms with E-state index in [9.17, 15) is 10.1 Å². The molecule has 0 aliphatic carbocycles. The van der Waals surface area contributed by atoms with Gasteiger partial charge in [-0.1, -0.05) is 17.7 Å². The maximum Gasteiger partial charge on any atom is 0.288 e. The number of halogens is 3. The third-order valence-electron chi connectivity index (χ3n) is 4.77. The van der Waals surface area contributed by atoms with Gasteiger partial charge in [0, 0.05) is 51.5 Å². The summed E-state index contributed by atoms with van der Waals surface area (Å²) in [5.74, 6) is 0.461. The van der Waals surface area contributed by atoms with E-state index < -0.39 is 4.92 Å². The molecule has 2 saturated heterocycles. The first-order chi connectivity index (χ1) is 11.2. The summed E-state index contributed by atoms with van der Waals surface area (Å²) in [6.07, 6.45) is 1.98. The van der Waals surface area contributed by atoms with E-state index in [2.05, 4.69) is 10.2 Å². The van der Waals surface area contributed by atoms with E-state index >= 15 is 0 Å². The number of nitro groups is 1. The molecule has 1 N–H and O–H groups in total. The van der Waals surface area contributed by atoms with E-state index in [0.29, 0.717) is 5.92 Å². The average molecular weight is 413 g/mol. The van der Waals surface area contributed by atoms with Gasteiger partial charge in [-0.05, 0) is 30.4 Å². The van der Waals surface area contributed by atoms with E-state index in [-0.39, 0.29) is 41.6 Å². The number of nitrogens with zero attached hydrogens (tertiary/aromatic N) is 2. The summed E-state index contributed by atoms with van der Waals surface area (Å²) < 4.78 is 5.49. The predicted molar refractivity (Wildman–Crippen MR) is 103 cm³/mol. The SMILES string of the molecule is Cl.Cl.O=[N+]([O-])c1cc([C@@H](C2CCOCC2)N2CCNCC2)ccc1Cl. The lowest BCUT2D eigenvalue weighted by atomic mass is 9.85. The van der Waals surface area contributed by atoms with Gasteiger partial charge in [-0.3, -0.25) is 15.0 Å². The van der Waals surface area contributed by atoms with Crippen molar-refractivity contribution in [2.75, 3.05) is 39.4 Å². The molecule has 3 rings (SSSR count). The molecule has 2 aliphatic heterocycles. The van der Waals surface area contributed by atoms with Gasteiger partial charge < -0.3 is 10.1 Å². The highest BCUT2D eigenvalue weighted by atomic mass is 35.5. The molecule has 0 spiro atoms. The lowest BCUT2D eigenvalue weighted by molar-refractivity contribution is -0.384. The zero-order chi connectivity index (χ0) is 16.2. The van der Waals surface area contributed by atoms with Crippen LogP contribution in [0.5, 0.6) is 0 Å². The van der Waals surface area contributed by atoms with Crippen molar-refractivity contribution >= 4 is 42.1 Å². The molecule has 0 amide bonds. The smallest absolute Gasteiger partial charge is 0.288 e. The number of hydrogen-bond acceptors (Lipinski definition) is 5. The van der Waals surface area contributed by atoms with Crippen molar-refractivity contribution in [1.82, 2.24) is 10.2 Å². The second-order valence-corrected chi connectivity index (χ2v) is 6.56. The van der Waals surface area contributed by atoms with Crippen LogP contribution in [0.2, 0.25) is 5.02 Å². The Bertz CT molecular complexity index is 547. The topological polar surface area (TPSA) is 67.6 Å². The van der Waals surface area contributed by atoms with E-state index in [4.69, 9.17) is 16.3 Å². The highest BCUT2D eigenvalue weighted by molar-refractivity contribution is 6.32. The van der Waals surface area contributed by atoms with Crippen molar-refractivity contribution in [1.29, 1.82) is 0 Å². The van der Waals surface area contributed by atoms with Gasteiger partial charge in [-0.2, -0.15) is 0 Å². The Morgan fingerprint density at radius 3 is 2.48 bits per heavy atom. The fourth-order valence-electron chi connectivity index (χ4n) is 3.63. The molecule has 1 atom stereocenters. The van der Waals surface area contributed by atoms with Gasteiger partial charge in [0.15, 0.2) is 0 Å². The monoisotopic (exact) mass is 411 g/mol. The molecule has 142 valence electrons. The number of benzene rings is 1. The van der Waals surface area contributed by atoms with Gasteiger partial charge in [0.05, 0.1) is 4.92 Å². The van der Waals surface area contributed by atoms with Gasteiger partial charge >= 0.3 is 0 Å². The fourth-order valence-corrected chi connectivity index (χ4v) is 3.81. The summed E-state index contributed by atoms with van der Waals surface area (Å²) in [5, 5.41) is 14.8. The van der Waals surface area contributed by atoms with Crippen molar-refractivity contribution in [2.45, 2.75) is 18.9 Å². The molecule has 1 aromatic rings. The molecule has 25 heavy (non-hydrogen) atoms. The van der Waals surface area contributed by atoms with Gasteiger partial charge in [-0.25, -0.2) is 0 Å². The molecule has 0 radical (unpaired) electrons. The fraction of sp³-hybridized carbons (Fsp3) is 0.625. The van der Waals surface area contributed by atoms with Crippen LogP contribution >= 0.6 is 36.4 Å². The van der Waals surface area contributed by atoms with E-state index in [1.807, 2.05) is 6.07 Å². The molecule has 9 heteroatoms. The molecule has 0 unspecified atom stereocenters. The van der Waals surface area contributed by atoms with Crippen LogP contribution < -0.4 is 5.32 Å². The van der Waals surface area contributed by atoms with Crippen LogP contribution in [0.3, 0.4) is 0 Å². The Kier molecular flexibility index (Phi) is 9.41. The standard InChI is InChI=1S/C16H22ClN3O3.2ClH/c17-14-2-1-13(11-15(14)20(21)22)16(12-3-9-23-10-4-12)19-7-5-18-6-8-19;;/h1-2,11-12,16,18H,3-10H2;2*1H/t16-;;/m1../s1. The highest BCUT2D eigenvalue weighted by Gasteiger charge is 2.32. The molecule has 2 aliphatic rings. The number of piperazine rings is 1. The summed E-state index contributed by atoms with van der Waals surface area (Å²) >= 11 is 5.98. The predicted octanol–water partition coefficient (Wildman–Crippen LogP) is 3.46. The third kappa shape index (κ3) is 5.42. The molecule has 6 nitrogen and oxygen atoms in total. The molecule has 2 heterocycles. The van der Waals surface area contributed by atoms with Crippen LogP contribution in [0.4, 0.5) is 5.69 Å². The first kappa shape index (κ1) is 22.4. The van der Waals surface area contributed by atoms with Crippen LogP contribution in [-0.4, -0.2) is 49.2 Å². The molecule has 0 aromatic heterocycles. The minimum Gasteiger partial charge on any atom is -0.381 e. The Balaban J connectivity index is 0.00000156. The first-order valence-corrected chi connectivity index (χ1v) is 8.51. The lowest BCUT2D eigenvalue weighted by Crippen LogP contribution is -2.47. The lowest BCUT2D eigenvalue weighted by Gasteiger charge is -2.41. The van der Waals surface area contributed by atoms with Gasteiger partial charge in [0.25, 0.3) is 5.69 Å². The quantitative estimate of drug-likeness (QED) is 0.606. The van der Waals surface area contributed by atoms with Crippen LogP contribution in [-0.2, 0) is 4.74 Å². The van der Waals surface area contributed by atoms with Crippen LogP contribution in [0.25, 0.3) is 0 Å². The number of ether oxygens (including phenoxy) is 1. The Morgan fingerprint density at radius 1 is 1.24 bits per heavy atom. The molecule has 1 aromatic carbocycles. The zero-order valence-corrected chi connectivity index (χ0v) is 16.2. The third-order valence-corrected chi connectivity index (χ3v) is 5.09. The number of hydrogen-bond donors (Lipinski definition) is 1. The van der Waals surface area contributed by atoms with Gasteiger partial charge in [0.2, 0.25) is 0 Å². The molecule has 0 bridgehead atoms. The Morgan fingerprint density at radius 2 is 1.88 bits per heavy atom. The molecule has 0 saturated carbocycles. The largest absolute Gasteiger partial charge is 0.381 e. The van der Waals surface area contributed by atoms with Crippen molar-refractivity contribution in [3.05, 3.63) is 38.9 Å². The highest BCUT2D eigenvalue weighted by Crippen LogP contribution is 2.38. The zero-order valence-electron chi connectivity index (χ0n) is 13.9. The number of nitrogens with one attached hydrogen (secondary N) is 1. The summed E-state index contributed by atoms with van der Waals surface area (Å²) in [4.78, 5) is 13.3. The summed E-state index contributed by atoms with van der Waals surface area (Å²) in [6.45, 7) is 5.35. The maximum atomic E-state index is 11.2. The van der Waals surface area contributed by atoms with E-state index in [1.165, 1.54) is 0 Å². The van der Waals surface area contributed by atoms with Crippen molar-refractivity contribution in [3.63, 3.8) is 0 Å². The second kappa shape index (κ2) is 10.5. The van der Waals surface area contributed by atoms with Crippen molar-refractivity contribution in [2.24, 2.45) is 5.92 Å². The van der Waals surface area contributed by atoms with E-state index in [0.717, 1.165) is 57.8 Å². The number of nitro benzene ring substituents is 1. The van der Waals surface area contributed by atoms with Gasteiger partial charge in [0.1, 0.15) is 5.02 Å². The normalized spacial score (nSPS) is 20.2. The van der Waals surface area contributed by atoms with Crippen LogP contribution in [0.15, 0.2) is 18.2 Å². The summed E-state index contributed by atoms with van der Waals surface area (Å²) in [6, 6.07) is 5.45. The molecular formula is C16H24Cl3N3O3. The minimum atomic E-state index is -0.398. The van der Waals surface area contributed by atoms with Gasteiger partial charge in [-0.15, -0.1) is 24.8 Å². The van der Waals surface area contributed by atoms with Crippen LogP contribution in [0, 0.1) is 16.0 Å². The van der Waals surface area contributed by atoms with Crippen LogP contribution in [0.1, 0.15) is 24.4 Å². The van der Waals surface area contributed by atoms with E-state index in [1.54, 1.807) is 12.1 Å². The van der Waals surface area contributed by atoms with Crippen molar-refractivity contribution in [3.8, 4) is 0 Å². The Hall–Kier alpha value is -0.630. The average Bonchev–Trinajstić information content (AvgIpc) is 2.58. The summed E-state index contributed by atoms with van der Waals surface area (Å²) in [7, 11) is 0. The first-order valence-electron chi connectivity index (χ1n) is 8.13. The minimum absolute atomic E-state index is 0.